The van der Waals surface area contributed by atoms with Crippen molar-refractivity contribution in [3.63, 3.8) is 0 Å². The van der Waals surface area contributed by atoms with Crippen LogP contribution in [0.15, 0.2) is 22.3 Å². The molecule has 0 aliphatic carbocycles. The Kier molecular flexibility index (Phi) is 12.3. The van der Waals surface area contributed by atoms with Gasteiger partial charge in [-0.1, -0.05) is 79.4 Å². The number of nitrogens with zero attached hydrogens (tertiary/aromatic N) is 2. The van der Waals surface area contributed by atoms with Crippen molar-refractivity contribution in [3.05, 3.63) is 45.5 Å². The first-order valence-corrected chi connectivity index (χ1v) is 17.8. The quantitative estimate of drug-likeness (QED) is 0.0265. The van der Waals surface area contributed by atoms with E-state index in [-0.39, 0.29) is 56.7 Å². The van der Waals surface area contributed by atoms with Crippen molar-refractivity contribution in [1.29, 1.82) is 0 Å². The van der Waals surface area contributed by atoms with Gasteiger partial charge >= 0.3 is 0 Å². The lowest BCUT2D eigenvalue weighted by molar-refractivity contribution is 0.398. The Labute approximate surface area is 295 Å². The summed E-state index contributed by atoms with van der Waals surface area (Å²) < 4.78 is 0. The summed E-state index contributed by atoms with van der Waals surface area (Å²) in [6.07, 6.45) is 8.83. The van der Waals surface area contributed by atoms with Crippen molar-refractivity contribution in [2.45, 2.75) is 106 Å². The van der Waals surface area contributed by atoms with Crippen LogP contribution in [0.1, 0.15) is 125 Å². The van der Waals surface area contributed by atoms with Crippen LogP contribution in [0.5, 0.6) is 34.5 Å². The Morgan fingerprint density at radius 1 is 0.560 bits per heavy atom. The zero-order chi connectivity index (χ0) is 36.9. The number of phenols is 6. The number of hydrazone groups is 2. The number of aryl methyl sites for hydroxylation is 2. The third kappa shape index (κ3) is 7.20. The van der Waals surface area contributed by atoms with Crippen molar-refractivity contribution in [3.8, 4) is 45.6 Å². The molecule has 0 spiro atoms. The second kappa shape index (κ2) is 16.2. The molecule has 0 atom stereocenters. The summed E-state index contributed by atoms with van der Waals surface area (Å²) in [5.74, 6) is -2.19. The molecule has 0 saturated carbocycles. The van der Waals surface area contributed by atoms with Crippen molar-refractivity contribution < 1.29 is 30.6 Å². The number of nitrogens with one attached hydrogen (secondary N) is 2. The second-order valence-electron chi connectivity index (χ2n) is 13.8. The van der Waals surface area contributed by atoms with E-state index >= 15 is 0 Å². The number of fused-ring (bicyclic) bond motifs is 2. The summed E-state index contributed by atoms with van der Waals surface area (Å²) in [4.78, 5) is 0. The zero-order valence-corrected chi connectivity index (χ0v) is 30.7. The van der Waals surface area contributed by atoms with Crippen molar-refractivity contribution in [1.82, 2.24) is 10.9 Å². The van der Waals surface area contributed by atoms with Gasteiger partial charge in [-0.05, 0) is 60.4 Å². The van der Waals surface area contributed by atoms with E-state index in [0.717, 1.165) is 38.5 Å². The van der Waals surface area contributed by atoms with Gasteiger partial charge in [0.25, 0.3) is 0 Å². The number of hydrogen-bond donors (Lipinski definition) is 8. The molecule has 0 unspecified atom stereocenters. The fourth-order valence-electron chi connectivity index (χ4n) is 6.88. The molecular formula is C40H54N4O6. The molecule has 10 heteroatoms. The van der Waals surface area contributed by atoms with E-state index in [1.54, 1.807) is 0 Å². The molecule has 4 aromatic rings. The van der Waals surface area contributed by atoms with Crippen molar-refractivity contribution >= 4 is 34.0 Å². The van der Waals surface area contributed by atoms with Crippen molar-refractivity contribution in [2.75, 3.05) is 13.1 Å². The average Bonchev–Trinajstić information content (AvgIpc) is 3.05. The summed E-state index contributed by atoms with van der Waals surface area (Å²) in [6.45, 7) is 16.7. The minimum absolute atomic E-state index is 0.133. The summed E-state index contributed by atoms with van der Waals surface area (Å²) >= 11 is 0. The van der Waals surface area contributed by atoms with Crippen LogP contribution in [0.25, 0.3) is 32.7 Å². The van der Waals surface area contributed by atoms with Crippen LogP contribution in [-0.2, 0) is 0 Å². The smallest absolute Gasteiger partial charge is 0.167 e. The monoisotopic (exact) mass is 686 g/mol. The number of hydrogen-bond acceptors (Lipinski definition) is 10. The first-order valence-electron chi connectivity index (χ1n) is 17.8. The lowest BCUT2D eigenvalue weighted by Gasteiger charge is -2.23. The van der Waals surface area contributed by atoms with Crippen LogP contribution in [0.4, 0.5) is 0 Å². The van der Waals surface area contributed by atoms with Crippen LogP contribution in [0.3, 0.4) is 0 Å². The number of phenolic OH excluding ortho intramolecular Hbond substituents is 6. The lowest BCUT2D eigenvalue weighted by Crippen LogP contribution is -2.08. The van der Waals surface area contributed by atoms with E-state index in [9.17, 15) is 30.6 Å². The molecule has 0 aromatic heterocycles. The van der Waals surface area contributed by atoms with Crippen molar-refractivity contribution in [2.24, 2.45) is 10.2 Å². The van der Waals surface area contributed by atoms with Crippen LogP contribution < -0.4 is 10.9 Å². The van der Waals surface area contributed by atoms with E-state index in [0.29, 0.717) is 57.2 Å². The molecule has 8 N–H and O–H groups in total. The average molecular weight is 687 g/mol. The fourth-order valence-corrected chi connectivity index (χ4v) is 6.88. The highest BCUT2D eigenvalue weighted by molar-refractivity contribution is 6.15. The number of benzene rings is 4. The van der Waals surface area contributed by atoms with Crippen LogP contribution >= 0.6 is 0 Å². The van der Waals surface area contributed by atoms with Gasteiger partial charge in [-0.3, -0.25) is 0 Å². The van der Waals surface area contributed by atoms with Gasteiger partial charge in [-0.25, -0.2) is 0 Å². The Balaban J connectivity index is 2.08. The van der Waals surface area contributed by atoms with Crippen LogP contribution in [-0.4, -0.2) is 56.2 Å². The molecule has 4 rings (SSSR count). The van der Waals surface area contributed by atoms with Gasteiger partial charge in [0.1, 0.15) is 11.5 Å². The van der Waals surface area contributed by atoms with Crippen LogP contribution in [0, 0.1) is 13.8 Å². The molecule has 0 saturated heterocycles. The zero-order valence-electron chi connectivity index (χ0n) is 30.7. The Hall–Kier alpha value is -4.86. The summed E-state index contributed by atoms with van der Waals surface area (Å²) in [5, 5.41) is 79.6. The van der Waals surface area contributed by atoms with E-state index in [1.165, 1.54) is 12.4 Å². The van der Waals surface area contributed by atoms with E-state index in [1.807, 2.05) is 53.7 Å². The lowest BCUT2D eigenvalue weighted by atomic mass is 9.83. The summed E-state index contributed by atoms with van der Waals surface area (Å²) in [5.41, 5.74) is 9.05. The molecule has 0 aliphatic rings. The summed E-state index contributed by atoms with van der Waals surface area (Å²) in [6, 6.07) is 3.68. The first-order chi connectivity index (χ1) is 23.8. The van der Waals surface area contributed by atoms with Gasteiger partial charge in [0, 0.05) is 46.1 Å². The van der Waals surface area contributed by atoms with Gasteiger partial charge < -0.3 is 41.5 Å². The molecule has 50 heavy (non-hydrogen) atoms. The first kappa shape index (κ1) is 38.0. The molecule has 0 bridgehead atoms. The standard InChI is InChI=1S/C40H54N4O6/c1-9-11-13-15-41-43-19-27-33-25(29(21(3)4)39(49)35(27)45)17-23(7)31(37(33)47)32-24(8)18-26-30(22(5)6)40(50)36(46)28(34(26)38(32)48)20-44-42-16-14-12-10-2/h17-22,41-42,45-50H,9-16H2,1-8H3/b43-19-,44-20-. The predicted molar refractivity (Wildman–Crippen MR) is 205 cm³/mol. The molecule has 10 nitrogen and oxygen atoms in total. The third-order valence-electron chi connectivity index (χ3n) is 9.34. The predicted octanol–water partition coefficient (Wildman–Crippen LogP) is 8.98. The number of unbranched alkanes of at least 4 members (excludes halogenated alkanes) is 4. The highest BCUT2D eigenvalue weighted by atomic mass is 16.3. The maximum Gasteiger partial charge on any atom is 0.167 e. The highest BCUT2D eigenvalue weighted by Crippen LogP contribution is 2.54. The largest absolute Gasteiger partial charge is 0.507 e. The van der Waals surface area contributed by atoms with Crippen LogP contribution in [0.2, 0.25) is 0 Å². The van der Waals surface area contributed by atoms with Gasteiger partial charge in [0.15, 0.2) is 23.0 Å². The molecule has 0 radical (unpaired) electrons. The molecule has 270 valence electrons. The molecule has 4 aromatic carbocycles. The number of rotatable bonds is 15. The minimum Gasteiger partial charge on any atom is -0.507 e. The molecule has 0 aliphatic heterocycles. The van der Waals surface area contributed by atoms with Gasteiger partial charge in [-0.2, -0.15) is 10.2 Å². The number of aromatic hydroxyl groups is 6. The second-order valence-corrected chi connectivity index (χ2v) is 13.8. The van der Waals surface area contributed by atoms with E-state index in [4.69, 9.17) is 0 Å². The SMILES string of the molecule is CCCCCN/N=C\c1c(O)c(O)c(C(C)C)c2cc(C)c(-c3c(C)cc4c(C(C)C)c(O)c(O)c(/C=N\NCCCCC)c4c3O)c(O)c12. The Morgan fingerprint density at radius 2 is 0.920 bits per heavy atom. The Bertz CT molecular complexity index is 1790. The topological polar surface area (TPSA) is 170 Å². The maximum atomic E-state index is 12.2. The molecule has 0 heterocycles. The van der Waals surface area contributed by atoms with Gasteiger partial charge in [0.2, 0.25) is 0 Å². The molecule has 0 fully saturated rings. The minimum atomic E-state index is -0.406. The normalized spacial score (nSPS) is 12.1. The van der Waals surface area contributed by atoms with E-state index in [2.05, 4.69) is 34.9 Å². The highest BCUT2D eigenvalue weighted by Gasteiger charge is 2.29. The summed E-state index contributed by atoms with van der Waals surface area (Å²) in [7, 11) is 0. The molecule has 0 amide bonds. The van der Waals surface area contributed by atoms with Gasteiger partial charge in [0.05, 0.1) is 23.6 Å². The fraction of sp³-hybridized carbons (Fsp3) is 0.450. The third-order valence-corrected chi connectivity index (χ3v) is 9.34. The maximum absolute atomic E-state index is 12.2. The van der Waals surface area contributed by atoms with E-state index < -0.39 is 11.5 Å². The molecular weight excluding hydrogens is 632 g/mol. The Morgan fingerprint density at radius 3 is 1.24 bits per heavy atom. The van der Waals surface area contributed by atoms with Gasteiger partial charge in [-0.15, -0.1) is 0 Å².